The van der Waals surface area contributed by atoms with Gasteiger partial charge >= 0.3 is 5.97 Å². The lowest BCUT2D eigenvalue weighted by Crippen LogP contribution is -2.27. The minimum atomic E-state index is -0.888. The van der Waals surface area contributed by atoms with Crippen LogP contribution in [0.5, 0.6) is 11.6 Å². The molecule has 0 saturated heterocycles. The molecular weight excluding hydrogens is 302 g/mol. The summed E-state index contributed by atoms with van der Waals surface area (Å²) in [4.78, 5) is 26.7. The van der Waals surface area contributed by atoms with Crippen LogP contribution >= 0.6 is 0 Å². The van der Waals surface area contributed by atoms with Gasteiger partial charge in [-0.3, -0.25) is 14.9 Å². The number of pyridine rings is 1. The number of rotatable bonds is 5. The Kier molecular flexibility index (Phi) is 3.80. The van der Waals surface area contributed by atoms with Gasteiger partial charge in [0, 0.05) is 29.9 Å². The second-order valence-corrected chi connectivity index (χ2v) is 5.03. The summed E-state index contributed by atoms with van der Waals surface area (Å²) in [5, 5.41) is 19.6. The summed E-state index contributed by atoms with van der Waals surface area (Å²) in [6.07, 6.45) is 1.81. The molecule has 8 heteroatoms. The van der Waals surface area contributed by atoms with Crippen molar-refractivity contribution in [2.75, 3.05) is 18.0 Å². The van der Waals surface area contributed by atoms with Gasteiger partial charge in [-0.1, -0.05) is 6.07 Å². The molecule has 0 fully saturated rings. The molecule has 1 N–H and O–H groups in total. The van der Waals surface area contributed by atoms with Crippen molar-refractivity contribution in [3.05, 3.63) is 52.2 Å². The zero-order valence-electron chi connectivity index (χ0n) is 12.0. The maximum absolute atomic E-state index is 10.9. The Bertz CT molecular complexity index is 760. The first-order valence-electron chi connectivity index (χ1n) is 6.91. The zero-order valence-corrected chi connectivity index (χ0v) is 12.0. The minimum Gasteiger partial charge on any atom is -0.480 e. The molecule has 0 radical (unpaired) electrons. The average molecular weight is 315 g/mol. The number of benzene rings is 1. The van der Waals surface area contributed by atoms with E-state index in [4.69, 9.17) is 9.84 Å². The fraction of sp³-hybridized carbons (Fsp3) is 0.200. The second-order valence-electron chi connectivity index (χ2n) is 5.03. The van der Waals surface area contributed by atoms with Gasteiger partial charge in [-0.15, -0.1) is 0 Å². The molecule has 23 heavy (non-hydrogen) atoms. The van der Waals surface area contributed by atoms with Crippen LogP contribution in [0.15, 0.2) is 36.5 Å². The van der Waals surface area contributed by atoms with Crippen molar-refractivity contribution < 1.29 is 19.6 Å². The lowest BCUT2D eigenvalue weighted by molar-refractivity contribution is -0.385. The van der Waals surface area contributed by atoms with Crippen molar-refractivity contribution in [1.29, 1.82) is 0 Å². The Morgan fingerprint density at radius 3 is 2.87 bits per heavy atom. The van der Waals surface area contributed by atoms with Crippen molar-refractivity contribution in [2.24, 2.45) is 0 Å². The lowest BCUT2D eigenvalue weighted by atomic mass is 10.1. The van der Waals surface area contributed by atoms with E-state index in [1.54, 1.807) is 17.0 Å². The van der Waals surface area contributed by atoms with Crippen molar-refractivity contribution in [1.82, 2.24) is 4.98 Å². The molecule has 2 aromatic rings. The molecule has 1 aliphatic heterocycles. The number of nitro groups is 1. The smallest absolute Gasteiger partial charge is 0.323 e. The molecule has 0 saturated carbocycles. The van der Waals surface area contributed by atoms with Gasteiger partial charge in [-0.25, -0.2) is 4.98 Å². The van der Waals surface area contributed by atoms with E-state index in [9.17, 15) is 14.9 Å². The van der Waals surface area contributed by atoms with Gasteiger partial charge in [0.1, 0.15) is 18.5 Å². The van der Waals surface area contributed by atoms with Crippen LogP contribution in [0.1, 0.15) is 5.56 Å². The van der Waals surface area contributed by atoms with Gasteiger partial charge < -0.3 is 14.7 Å². The molecule has 0 bridgehead atoms. The van der Waals surface area contributed by atoms with Crippen LogP contribution in [0.2, 0.25) is 0 Å². The summed E-state index contributed by atoms with van der Waals surface area (Å²) in [6, 6.07) is 8.15. The number of fused-ring (bicyclic) bond motifs is 1. The molecule has 1 aliphatic rings. The first-order chi connectivity index (χ1) is 11.0. The van der Waals surface area contributed by atoms with Crippen molar-refractivity contribution >= 4 is 17.3 Å². The fourth-order valence-corrected chi connectivity index (χ4v) is 2.55. The molecule has 0 spiro atoms. The highest BCUT2D eigenvalue weighted by Crippen LogP contribution is 2.36. The molecule has 3 rings (SSSR count). The summed E-state index contributed by atoms with van der Waals surface area (Å²) < 4.78 is 5.70. The van der Waals surface area contributed by atoms with E-state index in [1.807, 2.05) is 6.07 Å². The molecule has 1 aromatic carbocycles. The highest BCUT2D eigenvalue weighted by atomic mass is 16.6. The van der Waals surface area contributed by atoms with Gasteiger partial charge in [0.15, 0.2) is 0 Å². The third-order valence-corrected chi connectivity index (χ3v) is 3.55. The molecule has 0 amide bonds. The second kappa shape index (κ2) is 5.91. The molecule has 0 unspecified atom stereocenters. The Balaban J connectivity index is 1.83. The third-order valence-electron chi connectivity index (χ3n) is 3.55. The number of hydrogen-bond donors (Lipinski definition) is 1. The quantitative estimate of drug-likeness (QED) is 0.666. The van der Waals surface area contributed by atoms with Crippen LogP contribution < -0.4 is 9.64 Å². The van der Waals surface area contributed by atoms with Gasteiger partial charge in [0.05, 0.1) is 4.92 Å². The molecule has 1 aromatic heterocycles. The number of nitrogens with zero attached hydrogens (tertiary/aromatic N) is 3. The number of carbonyl (C=O) groups is 1. The van der Waals surface area contributed by atoms with Crippen LogP contribution in [0.4, 0.5) is 11.4 Å². The van der Waals surface area contributed by atoms with Gasteiger partial charge in [-0.05, 0) is 18.6 Å². The Morgan fingerprint density at radius 2 is 2.22 bits per heavy atom. The predicted octanol–water partition coefficient (Wildman–Crippen LogP) is 2.23. The number of carboxylic acids is 1. The largest absolute Gasteiger partial charge is 0.480 e. The number of aromatic nitrogens is 1. The fourth-order valence-electron chi connectivity index (χ4n) is 2.55. The zero-order chi connectivity index (χ0) is 16.4. The summed E-state index contributed by atoms with van der Waals surface area (Å²) in [5.74, 6) is -0.0568. The van der Waals surface area contributed by atoms with Crippen LogP contribution in [-0.4, -0.2) is 34.1 Å². The summed E-state index contributed by atoms with van der Waals surface area (Å²) in [6.45, 7) is 0.544. The number of hydrogen-bond acceptors (Lipinski definition) is 6. The van der Waals surface area contributed by atoms with Gasteiger partial charge in [-0.2, -0.15) is 0 Å². The predicted molar refractivity (Wildman–Crippen MR) is 81.0 cm³/mol. The monoisotopic (exact) mass is 315 g/mol. The van der Waals surface area contributed by atoms with E-state index in [2.05, 4.69) is 4.98 Å². The molecular formula is C15H13N3O5. The van der Waals surface area contributed by atoms with Crippen LogP contribution in [0.3, 0.4) is 0 Å². The topological polar surface area (TPSA) is 106 Å². The summed E-state index contributed by atoms with van der Waals surface area (Å²) >= 11 is 0. The first-order valence-corrected chi connectivity index (χ1v) is 6.91. The normalized spacial score (nSPS) is 12.8. The van der Waals surface area contributed by atoms with Crippen molar-refractivity contribution in [2.45, 2.75) is 6.42 Å². The summed E-state index contributed by atoms with van der Waals surface area (Å²) in [5.41, 5.74) is 1.63. The average Bonchev–Trinajstić information content (AvgIpc) is 2.91. The number of ether oxygens (including phenoxy) is 1. The molecule has 0 aliphatic carbocycles. The lowest BCUT2D eigenvalue weighted by Gasteiger charge is -2.17. The number of anilines is 1. The molecule has 8 nitrogen and oxygen atoms in total. The highest BCUT2D eigenvalue weighted by molar-refractivity contribution is 5.76. The van der Waals surface area contributed by atoms with E-state index in [0.717, 1.165) is 17.4 Å². The maximum atomic E-state index is 10.9. The molecule has 118 valence electrons. The Hall–Kier alpha value is -3.16. The molecule has 2 heterocycles. The van der Waals surface area contributed by atoms with E-state index in [0.29, 0.717) is 18.7 Å². The Morgan fingerprint density at radius 1 is 1.39 bits per heavy atom. The van der Waals surface area contributed by atoms with E-state index in [1.165, 1.54) is 12.1 Å². The van der Waals surface area contributed by atoms with Crippen LogP contribution in [0, 0.1) is 10.1 Å². The Labute approximate surface area is 131 Å². The maximum Gasteiger partial charge on any atom is 0.323 e. The van der Waals surface area contributed by atoms with Crippen LogP contribution in [-0.2, 0) is 11.2 Å². The van der Waals surface area contributed by atoms with E-state index in [-0.39, 0.29) is 18.1 Å². The van der Waals surface area contributed by atoms with Gasteiger partial charge in [0.25, 0.3) is 5.69 Å². The van der Waals surface area contributed by atoms with Crippen LogP contribution in [0.25, 0.3) is 0 Å². The van der Waals surface area contributed by atoms with Crippen molar-refractivity contribution in [3.8, 4) is 11.6 Å². The van der Waals surface area contributed by atoms with E-state index < -0.39 is 10.9 Å². The SMILES string of the molecule is O=C(O)CN1CCc2c(Oc3ccc([N+](=O)[O-])cn3)cccc21. The van der Waals surface area contributed by atoms with E-state index >= 15 is 0 Å². The standard InChI is InChI=1S/C15H13N3O5/c19-15(20)9-17-7-6-11-12(17)2-1-3-13(11)23-14-5-4-10(8-16-14)18(21)22/h1-5,8H,6-7,9H2,(H,19,20). The summed E-state index contributed by atoms with van der Waals surface area (Å²) in [7, 11) is 0. The van der Waals surface area contributed by atoms with Gasteiger partial charge in [0.2, 0.25) is 5.88 Å². The number of carboxylic acid groups (broad SMARTS) is 1. The first kappa shape index (κ1) is 14.8. The van der Waals surface area contributed by atoms with Crippen molar-refractivity contribution in [3.63, 3.8) is 0 Å². The minimum absolute atomic E-state index is 0.0633. The molecule has 0 atom stereocenters. The highest BCUT2D eigenvalue weighted by Gasteiger charge is 2.24. The third kappa shape index (κ3) is 3.05. The number of aliphatic carboxylic acids is 1.